The molecule has 1 N–H and O–H groups in total. The number of halogens is 2. The Kier molecular flexibility index (Phi) is 4.60. The minimum Gasteiger partial charge on any atom is -0.435 e. The Morgan fingerprint density at radius 1 is 1.20 bits per heavy atom. The van der Waals surface area contributed by atoms with Crippen molar-refractivity contribution in [3.8, 4) is 5.75 Å². The van der Waals surface area contributed by atoms with Gasteiger partial charge in [-0.2, -0.15) is 8.78 Å². The summed E-state index contributed by atoms with van der Waals surface area (Å²) in [6, 6.07) is 10.9. The standard InChI is InChI=1S/C14H12F2N2O2/c15-14(16)20-12-6-4-10(5-7-12)13(19)18-9-11-3-1-2-8-17-11/h1-8,14H,9H2,(H,18,19). The molecule has 0 fully saturated rings. The van der Waals surface area contributed by atoms with Crippen molar-refractivity contribution in [3.05, 3.63) is 59.9 Å². The lowest BCUT2D eigenvalue weighted by Gasteiger charge is -2.07. The molecule has 0 spiro atoms. The molecule has 6 heteroatoms. The third kappa shape index (κ3) is 4.01. The predicted molar refractivity (Wildman–Crippen MR) is 68.5 cm³/mol. The van der Waals surface area contributed by atoms with Crippen LogP contribution in [-0.2, 0) is 6.54 Å². The second-order valence-corrected chi connectivity index (χ2v) is 3.91. The van der Waals surface area contributed by atoms with Crippen molar-refractivity contribution in [1.29, 1.82) is 0 Å². The van der Waals surface area contributed by atoms with E-state index in [9.17, 15) is 13.6 Å². The van der Waals surface area contributed by atoms with E-state index in [4.69, 9.17) is 0 Å². The fraction of sp³-hybridized carbons (Fsp3) is 0.143. The summed E-state index contributed by atoms with van der Waals surface area (Å²) in [5.41, 5.74) is 1.10. The van der Waals surface area contributed by atoms with Crippen molar-refractivity contribution in [2.24, 2.45) is 0 Å². The zero-order chi connectivity index (χ0) is 14.4. The number of hydrogen-bond acceptors (Lipinski definition) is 3. The summed E-state index contributed by atoms with van der Waals surface area (Å²) in [5, 5.41) is 2.69. The summed E-state index contributed by atoms with van der Waals surface area (Å²) in [6.07, 6.45) is 1.64. The van der Waals surface area contributed by atoms with Gasteiger partial charge < -0.3 is 10.1 Å². The maximum Gasteiger partial charge on any atom is 0.387 e. The molecule has 0 aliphatic rings. The van der Waals surface area contributed by atoms with E-state index in [-0.39, 0.29) is 11.7 Å². The van der Waals surface area contributed by atoms with Crippen LogP contribution in [0.15, 0.2) is 48.7 Å². The Morgan fingerprint density at radius 2 is 1.95 bits per heavy atom. The van der Waals surface area contributed by atoms with E-state index in [2.05, 4.69) is 15.0 Å². The number of rotatable bonds is 5. The second kappa shape index (κ2) is 6.60. The van der Waals surface area contributed by atoms with Gasteiger partial charge in [-0.3, -0.25) is 9.78 Å². The van der Waals surface area contributed by atoms with E-state index in [1.54, 1.807) is 18.3 Å². The molecule has 0 saturated heterocycles. The molecule has 1 aromatic carbocycles. The lowest BCUT2D eigenvalue weighted by atomic mass is 10.2. The van der Waals surface area contributed by atoms with Crippen LogP contribution in [0.2, 0.25) is 0 Å². The maximum atomic E-state index is 12.0. The third-order valence-corrected chi connectivity index (χ3v) is 2.50. The van der Waals surface area contributed by atoms with Gasteiger partial charge in [0.1, 0.15) is 5.75 Å². The van der Waals surface area contributed by atoms with Crippen LogP contribution < -0.4 is 10.1 Å². The van der Waals surface area contributed by atoms with Crippen LogP contribution >= 0.6 is 0 Å². The Bertz CT molecular complexity index is 559. The van der Waals surface area contributed by atoms with Crippen LogP contribution in [0.3, 0.4) is 0 Å². The highest BCUT2D eigenvalue weighted by molar-refractivity contribution is 5.94. The molecule has 0 unspecified atom stereocenters. The number of nitrogens with zero attached hydrogens (tertiary/aromatic N) is 1. The molecular weight excluding hydrogens is 266 g/mol. The summed E-state index contributed by atoms with van der Waals surface area (Å²) in [5.74, 6) is -0.291. The number of nitrogens with one attached hydrogen (secondary N) is 1. The van der Waals surface area contributed by atoms with Gasteiger partial charge in [-0.05, 0) is 36.4 Å². The van der Waals surface area contributed by atoms with Gasteiger partial charge in [0.25, 0.3) is 5.91 Å². The number of ether oxygens (including phenoxy) is 1. The molecule has 4 nitrogen and oxygen atoms in total. The van der Waals surface area contributed by atoms with E-state index in [1.165, 1.54) is 24.3 Å². The van der Waals surface area contributed by atoms with Gasteiger partial charge in [-0.25, -0.2) is 0 Å². The number of benzene rings is 1. The van der Waals surface area contributed by atoms with Gasteiger partial charge in [0.2, 0.25) is 0 Å². The molecule has 104 valence electrons. The first-order chi connectivity index (χ1) is 9.65. The summed E-state index contributed by atoms with van der Waals surface area (Å²) in [4.78, 5) is 15.9. The quantitative estimate of drug-likeness (QED) is 0.914. The molecule has 0 aliphatic heterocycles. The Hall–Kier alpha value is -2.50. The van der Waals surface area contributed by atoms with E-state index in [1.807, 2.05) is 6.07 Å². The topological polar surface area (TPSA) is 51.2 Å². The average molecular weight is 278 g/mol. The summed E-state index contributed by atoms with van der Waals surface area (Å²) in [6.45, 7) is -2.58. The van der Waals surface area contributed by atoms with Crippen molar-refractivity contribution in [1.82, 2.24) is 10.3 Å². The van der Waals surface area contributed by atoms with Crippen LogP contribution in [0.25, 0.3) is 0 Å². The number of alkyl halides is 2. The molecule has 1 amide bonds. The predicted octanol–water partition coefficient (Wildman–Crippen LogP) is 2.61. The van der Waals surface area contributed by atoms with E-state index >= 15 is 0 Å². The molecule has 2 aromatic rings. The van der Waals surface area contributed by atoms with Gasteiger partial charge >= 0.3 is 6.61 Å². The second-order valence-electron chi connectivity index (χ2n) is 3.91. The summed E-state index contributed by atoms with van der Waals surface area (Å²) >= 11 is 0. The molecule has 0 atom stereocenters. The molecule has 1 aromatic heterocycles. The highest BCUT2D eigenvalue weighted by Crippen LogP contribution is 2.14. The van der Waals surface area contributed by atoms with Crippen molar-refractivity contribution in [2.75, 3.05) is 0 Å². The van der Waals surface area contributed by atoms with Crippen molar-refractivity contribution >= 4 is 5.91 Å². The summed E-state index contributed by atoms with van der Waals surface area (Å²) in [7, 11) is 0. The normalized spacial score (nSPS) is 10.3. The fourth-order valence-electron chi connectivity index (χ4n) is 1.56. The third-order valence-electron chi connectivity index (χ3n) is 2.50. The van der Waals surface area contributed by atoms with Crippen LogP contribution in [0.4, 0.5) is 8.78 Å². The maximum absolute atomic E-state index is 12.0. The molecule has 2 rings (SSSR count). The molecule has 0 aliphatic carbocycles. The smallest absolute Gasteiger partial charge is 0.387 e. The van der Waals surface area contributed by atoms with Gasteiger partial charge in [0.05, 0.1) is 12.2 Å². The number of carbonyl (C=O) groups excluding carboxylic acids is 1. The lowest BCUT2D eigenvalue weighted by Crippen LogP contribution is -2.23. The SMILES string of the molecule is O=C(NCc1ccccn1)c1ccc(OC(F)F)cc1. The molecule has 1 heterocycles. The highest BCUT2D eigenvalue weighted by atomic mass is 19.3. The average Bonchev–Trinajstić information content (AvgIpc) is 2.46. The van der Waals surface area contributed by atoms with Gasteiger partial charge in [-0.15, -0.1) is 0 Å². The fourth-order valence-corrected chi connectivity index (χ4v) is 1.56. The van der Waals surface area contributed by atoms with E-state index < -0.39 is 6.61 Å². The monoisotopic (exact) mass is 278 g/mol. The molecule has 0 radical (unpaired) electrons. The van der Waals surface area contributed by atoms with E-state index in [0.717, 1.165) is 5.69 Å². The number of aromatic nitrogens is 1. The van der Waals surface area contributed by atoms with Crippen LogP contribution in [0, 0.1) is 0 Å². The first-order valence-electron chi connectivity index (χ1n) is 5.88. The number of pyridine rings is 1. The van der Waals surface area contributed by atoms with Gasteiger partial charge in [0.15, 0.2) is 0 Å². The molecule has 0 bridgehead atoms. The molecule has 20 heavy (non-hydrogen) atoms. The lowest BCUT2D eigenvalue weighted by molar-refractivity contribution is -0.0498. The minimum atomic E-state index is -2.88. The van der Waals surface area contributed by atoms with Gasteiger partial charge in [0, 0.05) is 11.8 Å². The Balaban J connectivity index is 1.92. The Morgan fingerprint density at radius 3 is 2.55 bits per heavy atom. The highest BCUT2D eigenvalue weighted by Gasteiger charge is 2.08. The zero-order valence-electron chi connectivity index (χ0n) is 10.4. The molecule has 0 saturated carbocycles. The first-order valence-corrected chi connectivity index (χ1v) is 5.88. The van der Waals surface area contributed by atoms with E-state index in [0.29, 0.717) is 12.1 Å². The Labute approximate surface area is 114 Å². The zero-order valence-corrected chi connectivity index (χ0v) is 10.4. The molecular formula is C14H12F2N2O2. The van der Waals surface area contributed by atoms with Crippen LogP contribution in [0.5, 0.6) is 5.75 Å². The van der Waals surface area contributed by atoms with Crippen molar-refractivity contribution in [2.45, 2.75) is 13.2 Å². The number of hydrogen-bond donors (Lipinski definition) is 1. The minimum absolute atomic E-state index is 0.0151. The summed E-state index contributed by atoms with van der Waals surface area (Å²) < 4.78 is 28.2. The first kappa shape index (κ1) is 13.9. The van der Waals surface area contributed by atoms with Crippen molar-refractivity contribution in [3.63, 3.8) is 0 Å². The van der Waals surface area contributed by atoms with Crippen LogP contribution in [0.1, 0.15) is 16.1 Å². The van der Waals surface area contributed by atoms with Crippen LogP contribution in [-0.4, -0.2) is 17.5 Å². The van der Waals surface area contributed by atoms with Gasteiger partial charge in [-0.1, -0.05) is 6.07 Å². The number of carbonyl (C=O) groups is 1. The largest absolute Gasteiger partial charge is 0.435 e. The number of amides is 1. The van der Waals surface area contributed by atoms with Crippen molar-refractivity contribution < 1.29 is 18.3 Å².